The van der Waals surface area contributed by atoms with Gasteiger partial charge in [-0.05, 0) is 43.0 Å². The Hall–Kier alpha value is -1.74. The fraction of sp³-hybridized carbons (Fsp3) is 0.200. The minimum absolute atomic E-state index is 1.09. The number of rotatable bonds is 1. The van der Waals surface area contributed by atoms with Crippen molar-refractivity contribution in [1.82, 2.24) is 0 Å². The van der Waals surface area contributed by atoms with Gasteiger partial charge in [0, 0.05) is 5.56 Å². The van der Waals surface area contributed by atoms with Crippen LogP contribution in [0.5, 0.6) is 0 Å². The van der Waals surface area contributed by atoms with Crippen molar-refractivity contribution in [3.05, 3.63) is 53.6 Å². The number of hydrogen-bond acceptors (Lipinski definition) is 0. The third-order valence-corrected chi connectivity index (χ3v) is 2.46. The Bertz CT molecular complexity index is 464. The Kier molecular flexibility index (Phi) is 3.05. The first-order chi connectivity index (χ1) is 7.40. The van der Waals surface area contributed by atoms with Crippen LogP contribution >= 0.6 is 0 Å². The Balaban J connectivity index is 2.35. The maximum atomic E-state index is 3.09. The molecule has 0 heterocycles. The molecule has 1 aromatic rings. The van der Waals surface area contributed by atoms with Crippen LogP contribution in [-0.2, 0) is 0 Å². The van der Waals surface area contributed by atoms with Crippen molar-refractivity contribution in [1.29, 1.82) is 0 Å². The molecule has 0 bridgehead atoms. The molecule has 0 amide bonds. The molecular formula is C15H14. The second-order valence-electron chi connectivity index (χ2n) is 3.59. The molecular weight excluding hydrogens is 180 g/mol. The Morgan fingerprint density at radius 2 is 2.13 bits per heavy atom. The average Bonchev–Trinajstić information content (AvgIpc) is 2.31. The van der Waals surface area contributed by atoms with Crippen LogP contribution in [0.4, 0.5) is 0 Å². The van der Waals surface area contributed by atoms with Gasteiger partial charge in [0.1, 0.15) is 0 Å². The SMILES string of the molecule is CC#Cc1cccc(C2=CCCC=C2)c1. The van der Waals surface area contributed by atoms with Gasteiger partial charge >= 0.3 is 0 Å². The number of hydrogen-bond donors (Lipinski definition) is 0. The van der Waals surface area contributed by atoms with E-state index in [1.165, 1.54) is 11.1 Å². The Labute approximate surface area is 91.3 Å². The normalized spacial score (nSPS) is 14.1. The summed E-state index contributed by atoms with van der Waals surface area (Å²) in [6.45, 7) is 1.87. The van der Waals surface area contributed by atoms with Gasteiger partial charge in [-0.25, -0.2) is 0 Å². The highest BCUT2D eigenvalue weighted by atomic mass is 14.1. The zero-order valence-electron chi connectivity index (χ0n) is 8.96. The van der Waals surface area contributed by atoms with Gasteiger partial charge in [-0.2, -0.15) is 0 Å². The molecule has 0 atom stereocenters. The average molecular weight is 194 g/mol. The van der Waals surface area contributed by atoms with Gasteiger partial charge < -0.3 is 0 Å². The van der Waals surface area contributed by atoms with Gasteiger partial charge in [-0.1, -0.05) is 36.3 Å². The summed E-state index contributed by atoms with van der Waals surface area (Å²) in [5.74, 6) is 6.01. The van der Waals surface area contributed by atoms with E-state index in [-0.39, 0.29) is 0 Å². The molecule has 74 valence electrons. The molecule has 0 N–H and O–H groups in total. The minimum Gasteiger partial charge on any atom is -0.101 e. The largest absolute Gasteiger partial charge is 0.101 e. The summed E-state index contributed by atoms with van der Waals surface area (Å²) in [5, 5.41) is 0. The summed E-state index contributed by atoms with van der Waals surface area (Å²) in [6.07, 6.45) is 9.03. The van der Waals surface area contributed by atoms with Gasteiger partial charge in [0.25, 0.3) is 0 Å². The van der Waals surface area contributed by atoms with Gasteiger partial charge in [0.15, 0.2) is 0 Å². The summed E-state index contributed by atoms with van der Waals surface area (Å²) in [4.78, 5) is 0. The second-order valence-corrected chi connectivity index (χ2v) is 3.59. The van der Waals surface area contributed by atoms with E-state index in [9.17, 15) is 0 Å². The lowest BCUT2D eigenvalue weighted by Crippen LogP contribution is -1.86. The van der Waals surface area contributed by atoms with E-state index in [1.807, 2.05) is 13.0 Å². The van der Waals surface area contributed by atoms with E-state index in [2.05, 4.69) is 48.3 Å². The molecule has 0 saturated heterocycles. The van der Waals surface area contributed by atoms with E-state index >= 15 is 0 Å². The zero-order chi connectivity index (χ0) is 10.5. The van der Waals surface area contributed by atoms with E-state index in [1.54, 1.807) is 0 Å². The molecule has 0 heteroatoms. The molecule has 0 aromatic heterocycles. The molecule has 0 fully saturated rings. The lowest BCUT2D eigenvalue weighted by molar-refractivity contribution is 1.04. The maximum Gasteiger partial charge on any atom is 0.0251 e. The van der Waals surface area contributed by atoms with E-state index in [4.69, 9.17) is 0 Å². The van der Waals surface area contributed by atoms with Crippen LogP contribution < -0.4 is 0 Å². The summed E-state index contributed by atoms with van der Waals surface area (Å²) < 4.78 is 0. The van der Waals surface area contributed by atoms with Crippen LogP contribution in [0.15, 0.2) is 42.5 Å². The molecule has 1 aromatic carbocycles. The molecule has 0 saturated carbocycles. The molecule has 15 heavy (non-hydrogen) atoms. The van der Waals surface area contributed by atoms with Crippen molar-refractivity contribution in [3.63, 3.8) is 0 Å². The van der Waals surface area contributed by atoms with Crippen molar-refractivity contribution in [2.75, 3.05) is 0 Å². The predicted molar refractivity (Wildman–Crippen MR) is 65.3 cm³/mol. The number of benzene rings is 1. The van der Waals surface area contributed by atoms with Crippen molar-refractivity contribution < 1.29 is 0 Å². The standard InChI is InChI=1S/C15H14/c1-2-7-13-8-6-11-15(12-13)14-9-4-3-5-10-14/h4,6,8-12H,3,5H2,1H3. The molecule has 1 aliphatic rings. The van der Waals surface area contributed by atoms with Crippen molar-refractivity contribution >= 4 is 5.57 Å². The van der Waals surface area contributed by atoms with Crippen molar-refractivity contribution in [3.8, 4) is 11.8 Å². The highest BCUT2D eigenvalue weighted by Gasteiger charge is 2.00. The first kappa shape index (κ1) is 9.80. The van der Waals surface area contributed by atoms with Gasteiger partial charge in [-0.15, -0.1) is 5.92 Å². The topological polar surface area (TPSA) is 0 Å². The summed E-state index contributed by atoms with van der Waals surface area (Å²) in [5.41, 5.74) is 3.68. The maximum absolute atomic E-state index is 3.09. The fourth-order valence-electron chi connectivity index (χ4n) is 1.75. The molecule has 0 radical (unpaired) electrons. The first-order valence-electron chi connectivity index (χ1n) is 5.30. The summed E-state index contributed by atoms with van der Waals surface area (Å²) >= 11 is 0. The lowest BCUT2D eigenvalue weighted by Gasteiger charge is -2.07. The van der Waals surface area contributed by atoms with Crippen LogP contribution in [-0.4, -0.2) is 0 Å². The third kappa shape index (κ3) is 2.39. The highest BCUT2D eigenvalue weighted by Crippen LogP contribution is 2.21. The van der Waals surface area contributed by atoms with E-state index in [0.29, 0.717) is 0 Å². The number of allylic oxidation sites excluding steroid dienone is 4. The Morgan fingerprint density at radius 1 is 1.20 bits per heavy atom. The second kappa shape index (κ2) is 4.66. The smallest absolute Gasteiger partial charge is 0.0251 e. The van der Waals surface area contributed by atoms with Crippen LogP contribution in [0, 0.1) is 11.8 Å². The van der Waals surface area contributed by atoms with Gasteiger partial charge in [-0.3, -0.25) is 0 Å². The van der Waals surface area contributed by atoms with Gasteiger partial charge in [0.05, 0.1) is 0 Å². The van der Waals surface area contributed by atoms with Crippen molar-refractivity contribution in [2.45, 2.75) is 19.8 Å². The van der Waals surface area contributed by atoms with Gasteiger partial charge in [0.2, 0.25) is 0 Å². The first-order valence-corrected chi connectivity index (χ1v) is 5.30. The van der Waals surface area contributed by atoms with Crippen molar-refractivity contribution in [2.24, 2.45) is 0 Å². The summed E-state index contributed by atoms with van der Waals surface area (Å²) in [7, 11) is 0. The van der Waals surface area contributed by atoms with E-state index < -0.39 is 0 Å². The van der Waals surface area contributed by atoms with Crippen LogP contribution in [0.25, 0.3) is 5.57 Å². The molecule has 0 nitrogen and oxygen atoms in total. The Morgan fingerprint density at radius 3 is 2.87 bits per heavy atom. The monoisotopic (exact) mass is 194 g/mol. The molecule has 0 aliphatic heterocycles. The predicted octanol–water partition coefficient (Wildman–Crippen LogP) is 3.79. The lowest BCUT2D eigenvalue weighted by atomic mass is 9.98. The summed E-state index contributed by atoms with van der Waals surface area (Å²) in [6, 6.07) is 8.41. The van der Waals surface area contributed by atoms with Crippen LogP contribution in [0.1, 0.15) is 30.9 Å². The molecule has 1 aliphatic carbocycles. The van der Waals surface area contributed by atoms with E-state index in [0.717, 1.165) is 18.4 Å². The zero-order valence-corrected chi connectivity index (χ0v) is 8.96. The molecule has 0 spiro atoms. The molecule has 0 unspecified atom stereocenters. The molecule has 2 rings (SSSR count). The quantitative estimate of drug-likeness (QED) is 0.597. The fourth-order valence-corrected chi connectivity index (χ4v) is 1.75. The van der Waals surface area contributed by atoms with Crippen LogP contribution in [0.3, 0.4) is 0 Å². The highest BCUT2D eigenvalue weighted by molar-refractivity contribution is 5.75. The van der Waals surface area contributed by atoms with Crippen LogP contribution in [0.2, 0.25) is 0 Å². The minimum atomic E-state index is 1.09. The third-order valence-electron chi connectivity index (χ3n) is 2.46.